The van der Waals surface area contributed by atoms with Gasteiger partial charge in [-0.05, 0) is 76.0 Å². The minimum Gasteiger partial charge on any atom is -0.388 e. The zero-order chi connectivity index (χ0) is 38.0. The molecule has 2 nitrogen and oxygen atoms in total. The van der Waals surface area contributed by atoms with Gasteiger partial charge in [0.25, 0.3) is 0 Å². The van der Waals surface area contributed by atoms with Crippen LogP contribution in [0.4, 0.5) is 0 Å². The van der Waals surface area contributed by atoms with Crippen molar-refractivity contribution in [3.05, 3.63) is 119 Å². The molecule has 0 spiro atoms. The van der Waals surface area contributed by atoms with E-state index in [0.717, 1.165) is 24.4 Å². The topological polar surface area (TPSA) is 18.5 Å². The van der Waals surface area contributed by atoms with Crippen molar-refractivity contribution in [2.24, 2.45) is 17.8 Å². The van der Waals surface area contributed by atoms with Gasteiger partial charge in [0.2, 0.25) is 0 Å². The van der Waals surface area contributed by atoms with Gasteiger partial charge in [-0.15, -0.1) is 0 Å². The lowest BCUT2D eigenvalue weighted by Crippen LogP contribution is -2.22. The maximum atomic E-state index is 4.54. The lowest BCUT2D eigenvalue weighted by atomic mass is 9.71. The molecule has 0 heterocycles. The van der Waals surface area contributed by atoms with Crippen LogP contribution in [0.25, 0.3) is 10.8 Å². The van der Waals surface area contributed by atoms with E-state index in [-0.39, 0.29) is 0 Å². The third-order valence-electron chi connectivity index (χ3n) is 8.73. The van der Waals surface area contributed by atoms with Gasteiger partial charge in [0, 0.05) is 27.9 Å². The summed E-state index contributed by atoms with van der Waals surface area (Å²) in [4.78, 5) is 0. The third-order valence-corrected chi connectivity index (χ3v) is 8.73. The lowest BCUT2D eigenvalue weighted by Gasteiger charge is -2.34. The number of ether oxygens (including phenoxy) is 2. The van der Waals surface area contributed by atoms with Crippen LogP contribution < -0.4 is 0 Å². The summed E-state index contributed by atoms with van der Waals surface area (Å²) < 4.78 is 8.79. The van der Waals surface area contributed by atoms with Crippen LogP contribution in [-0.4, -0.2) is 27.9 Å². The first-order valence-electron chi connectivity index (χ1n) is 19.6. The van der Waals surface area contributed by atoms with Gasteiger partial charge in [-0.2, -0.15) is 0 Å². The van der Waals surface area contributed by atoms with Gasteiger partial charge < -0.3 is 9.47 Å². The summed E-state index contributed by atoms with van der Waals surface area (Å²) in [6, 6.07) is 33.7. The van der Waals surface area contributed by atoms with Gasteiger partial charge >= 0.3 is 0 Å². The first-order chi connectivity index (χ1) is 24.2. The number of hydrogen-bond donors (Lipinski definition) is 0. The molecule has 2 aliphatic carbocycles. The zero-order valence-corrected chi connectivity index (χ0v) is 34.9. The molecule has 0 radical (unpaired) electrons. The van der Waals surface area contributed by atoms with Crippen LogP contribution in [0, 0.1) is 45.4 Å². The van der Waals surface area contributed by atoms with E-state index in [9.17, 15) is 0 Å². The number of fused-ring (bicyclic) bond motifs is 1. The van der Waals surface area contributed by atoms with Crippen molar-refractivity contribution in [1.82, 2.24) is 0 Å². The molecule has 2 saturated carbocycles. The highest BCUT2D eigenvalue weighted by Gasteiger charge is 2.26. The number of aryl methyl sites for hydroxylation is 4. The first kappa shape index (κ1) is 49.2. The highest BCUT2D eigenvalue weighted by Crippen LogP contribution is 2.39. The number of rotatable bonds is 2. The molecule has 0 aromatic heterocycles. The molecule has 2 fully saturated rings. The van der Waals surface area contributed by atoms with Crippen LogP contribution in [0.15, 0.2) is 97.1 Å². The van der Waals surface area contributed by atoms with Gasteiger partial charge in [0.1, 0.15) is 0 Å². The van der Waals surface area contributed by atoms with Crippen molar-refractivity contribution < 1.29 is 9.47 Å². The van der Waals surface area contributed by atoms with Gasteiger partial charge in [-0.3, -0.25) is 0 Å². The lowest BCUT2D eigenvalue weighted by molar-refractivity contribution is 0.173. The summed E-state index contributed by atoms with van der Waals surface area (Å²) >= 11 is 0. The summed E-state index contributed by atoms with van der Waals surface area (Å²) in [5.41, 5.74) is 5.30. The highest BCUT2D eigenvalue weighted by molar-refractivity contribution is 5.82. The van der Waals surface area contributed by atoms with Crippen LogP contribution in [0.1, 0.15) is 122 Å². The summed E-state index contributed by atoms with van der Waals surface area (Å²) in [6.07, 6.45) is 13.8. The SMILES string of the molecule is CC.CC.CC1CCC(C2CCCCC2)CC1.CCOC.COC.Cc1ccc(C)cc1.Cc1ccc2ccccc2c1.Cc1ccccc1. The molecule has 4 aromatic rings. The molecule has 0 saturated heterocycles. The van der Waals surface area contributed by atoms with Crippen molar-refractivity contribution in [1.29, 1.82) is 0 Å². The standard InChI is InChI=1S/C13H24.C11H10.C8H10.C7H8.C3H8O.C2H6O.2C2H6/c1-11-7-9-13(10-8-11)12-5-3-2-4-6-12;1-9-6-7-10-4-2-3-5-11(10)8-9;1-7-3-5-8(2)6-4-7;1-7-5-3-2-4-6-7;1-3-4-2;1-3-2;2*1-2/h11-13H,2-10H2,1H3;2-8H,1H3;3-6H,1-2H3;2-6H,1H3;3H2,1-2H3;1-2H3;2*1-2H3. The number of methoxy groups -OCH3 is 2. The van der Waals surface area contributed by atoms with Crippen LogP contribution in [-0.2, 0) is 9.47 Å². The summed E-state index contributed by atoms with van der Waals surface area (Å²) in [5.74, 6) is 3.28. The highest BCUT2D eigenvalue weighted by atomic mass is 16.5. The van der Waals surface area contributed by atoms with Gasteiger partial charge in [0.05, 0.1) is 0 Å². The monoisotopic (exact) mass is 687 g/mol. The summed E-state index contributed by atoms with van der Waals surface area (Å²) in [5, 5.41) is 2.64. The maximum Gasteiger partial charge on any atom is 0.0433 e. The third kappa shape index (κ3) is 25.9. The fourth-order valence-electron chi connectivity index (χ4n) is 5.84. The molecule has 0 atom stereocenters. The molecule has 2 heteroatoms. The van der Waals surface area contributed by atoms with Crippen molar-refractivity contribution in [2.45, 2.75) is 127 Å². The van der Waals surface area contributed by atoms with Crippen molar-refractivity contribution >= 4 is 10.8 Å². The Hall–Kier alpha value is -2.94. The van der Waals surface area contributed by atoms with E-state index >= 15 is 0 Å². The van der Waals surface area contributed by atoms with Gasteiger partial charge in [-0.25, -0.2) is 0 Å². The minimum atomic E-state index is 0.819. The first-order valence-corrected chi connectivity index (χ1v) is 19.6. The Morgan fingerprint density at radius 1 is 0.480 bits per heavy atom. The Balaban J connectivity index is 0. The average Bonchev–Trinajstić information content (AvgIpc) is 3.17. The predicted octanol–water partition coefficient (Wildman–Crippen LogP) is 14.8. The van der Waals surface area contributed by atoms with E-state index < -0.39 is 0 Å². The second-order valence-corrected chi connectivity index (χ2v) is 13.1. The molecular weight excluding hydrogens is 609 g/mol. The van der Waals surface area contributed by atoms with Crippen LogP contribution in [0.5, 0.6) is 0 Å². The van der Waals surface area contributed by atoms with Gasteiger partial charge in [0.15, 0.2) is 0 Å². The van der Waals surface area contributed by atoms with E-state index in [1.807, 2.05) is 52.8 Å². The molecule has 0 bridgehead atoms. The summed E-state index contributed by atoms with van der Waals surface area (Å²) in [7, 11) is 4.93. The largest absolute Gasteiger partial charge is 0.388 e. The van der Waals surface area contributed by atoms with Gasteiger partial charge in [-0.1, -0.05) is 199 Å². The smallest absolute Gasteiger partial charge is 0.0433 e. The quantitative estimate of drug-likeness (QED) is 0.209. The minimum absolute atomic E-state index is 0.819. The fourth-order valence-corrected chi connectivity index (χ4v) is 5.84. The van der Waals surface area contributed by atoms with E-state index in [1.54, 1.807) is 47.0 Å². The summed E-state index contributed by atoms with van der Waals surface area (Å²) in [6.45, 7) is 21.6. The number of hydrogen-bond acceptors (Lipinski definition) is 2. The second kappa shape index (κ2) is 34.5. The maximum absolute atomic E-state index is 4.54. The van der Waals surface area contributed by atoms with Crippen molar-refractivity contribution in [2.75, 3.05) is 27.9 Å². The molecular formula is C48H78O2. The van der Waals surface area contributed by atoms with E-state index in [4.69, 9.17) is 0 Å². The normalized spacial score (nSPS) is 15.9. The molecule has 0 amide bonds. The molecule has 4 aromatic carbocycles. The Bertz CT molecular complexity index is 1210. The molecule has 6 rings (SSSR count). The van der Waals surface area contributed by atoms with Crippen LogP contribution >= 0.6 is 0 Å². The van der Waals surface area contributed by atoms with E-state index in [0.29, 0.717) is 0 Å². The molecule has 0 aliphatic heterocycles. The number of benzene rings is 4. The molecule has 50 heavy (non-hydrogen) atoms. The molecule has 0 unspecified atom stereocenters. The van der Waals surface area contributed by atoms with Crippen molar-refractivity contribution in [3.63, 3.8) is 0 Å². The van der Waals surface area contributed by atoms with E-state index in [2.05, 4.69) is 123 Å². The zero-order valence-electron chi connectivity index (χ0n) is 34.9. The van der Waals surface area contributed by atoms with E-state index in [1.165, 1.54) is 65.1 Å². The van der Waals surface area contributed by atoms with Crippen LogP contribution in [0.3, 0.4) is 0 Å². The molecule has 2 aliphatic rings. The Kier molecular flexibility index (Phi) is 33.9. The Morgan fingerprint density at radius 3 is 1.28 bits per heavy atom. The molecule has 0 N–H and O–H groups in total. The fraction of sp³-hybridized carbons (Fsp3) is 0.542. The predicted molar refractivity (Wildman–Crippen MR) is 227 cm³/mol. The van der Waals surface area contributed by atoms with Crippen molar-refractivity contribution in [3.8, 4) is 0 Å². The Labute approximate surface area is 311 Å². The molecule has 282 valence electrons. The second-order valence-electron chi connectivity index (χ2n) is 13.1. The van der Waals surface area contributed by atoms with Crippen LogP contribution in [0.2, 0.25) is 0 Å². The average molecular weight is 687 g/mol. The Morgan fingerprint density at radius 2 is 0.860 bits per heavy atom.